The highest BCUT2D eigenvalue weighted by Gasteiger charge is 2.18. The molecular weight excluding hydrogens is 429 g/mol. The highest BCUT2D eigenvalue weighted by molar-refractivity contribution is 14.0. The zero-order chi connectivity index (χ0) is 17.5. The number of guanidine groups is 1. The number of ether oxygens (including phenoxy) is 1. The molecule has 2 atom stereocenters. The summed E-state index contributed by atoms with van der Waals surface area (Å²) in [5, 5.41) is 6.79. The van der Waals surface area contributed by atoms with Crippen LogP contribution in [0.25, 0.3) is 0 Å². The van der Waals surface area contributed by atoms with Crippen molar-refractivity contribution in [1.29, 1.82) is 0 Å². The van der Waals surface area contributed by atoms with E-state index in [1.807, 2.05) is 12.3 Å². The molecular formula is C18H32IN5O. The van der Waals surface area contributed by atoms with Gasteiger partial charge in [0, 0.05) is 38.9 Å². The maximum absolute atomic E-state index is 5.60. The lowest BCUT2D eigenvalue weighted by Gasteiger charge is -2.32. The van der Waals surface area contributed by atoms with E-state index in [1.54, 1.807) is 7.05 Å². The fourth-order valence-corrected chi connectivity index (χ4v) is 2.53. The first-order valence-corrected chi connectivity index (χ1v) is 8.78. The molecule has 0 aromatic carbocycles. The minimum atomic E-state index is 0. The number of nitrogens with zero attached hydrogens (tertiary/aromatic N) is 3. The quantitative estimate of drug-likeness (QED) is 0.401. The van der Waals surface area contributed by atoms with Gasteiger partial charge in [-0.05, 0) is 37.5 Å². The predicted molar refractivity (Wildman–Crippen MR) is 115 cm³/mol. The second kappa shape index (κ2) is 10.8. The van der Waals surface area contributed by atoms with Crippen molar-refractivity contribution in [3.05, 3.63) is 23.9 Å². The normalized spacial score (nSPS) is 19.4. The van der Waals surface area contributed by atoms with Gasteiger partial charge in [0.15, 0.2) is 5.96 Å². The lowest BCUT2D eigenvalue weighted by atomic mass is 10.1. The van der Waals surface area contributed by atoms with Crippen LogP contribution in [0, 0.1) is 5.92 Å². The number of anilines is 1. The van der Waals surface area contributed by atoms with Gasteiger partial charge in [-0.25, -0.2) is 4.98 Å². The van der Waals surface area contributed by atoms with Gasteiger partial charge >= 0.3 is 0 Å². The minimum Gasteiger partial charge on any atom is -0.375 e. The summed E-state index contributed by atoms with van der Waals surface area (Å²) >= 11 is 0. The minimum absolute atomic E-state index is 0. The fraction of sp³-hybridized carbons (Fsp3) is 0.667. The Morgan fingerprint density at radius 2 is 2.20 bits per heavy atom. The van der Waals surface area contributed by atoms with E-state index in [-0.39, 0.29) is 30.1 Å². The standard InChI is InChI=1S/C18H31N5O.HI/c1-13(2)15(4)22-18(19-5)21-11-16-6-7-20-17(10-16)23-8-9-24-14(3)12-23;/h6-7,10,13-15H,8-9,11-12H2,1-5H3,(H2,19,21,22);1H. The first-order chi connectivity index (χ1) is 11.5. The molecule has 0 spiro atoms. The molecule has 1 saturated heterocycles. The Kier molecular flexibility index (Phi) is 9.48. The first kappa shape index (κ1) is 22.0. The van der Waals surface area contributed by atoms with E-state index in [0.29, 0.717) is 12.0 Å². The zero-order valence-corrected chi connectivity index (χ0v) is 18.3. The van der Waals surface area contributed by atoms with Crippen LogP contribution in [0.4, 0.5) is 5.82 Å². The van der Waals surface area contributed by atoms with Crippen molar-refractivity contribution in [2.45, 2.75) is 46.4 Å². The van der Waals surface area contributed by atoms with Crippen LogP contribution in [0.15, 0.2) is 23.3 Å². The van der Waals surface area contributed by atoms with Crippen molar-refractivity contribution in [2.75, 3.05) is 31.6 Å². The third kappa shape index (κ3) is 6.97. The number of hydrogen-bond acceptors (Lipinski definition) is 4. The average molecular weight is 461 g/mol. The van der Waals surface area contributed by atoms with Crippen LogP contribution in [-0.4, -0.2) is 49.8 Å². The molecule has 2 heterocycles. The molecule has 0 saturated carbocycles. The molecule has 0 amide bonds. The van der Waals surface area contributed by atoms with Gasteiger partial charge in [-0.1, -0.05) is 13.8 Å². The summed E-state index contributed by atoms with van der Waals surface area (Å²) < 4.78 is 5.60. The van der Waals surface area contributed by atoms with Gasteiger partial charge in [0.25, 0.3) is 0 Å². The Hall–Kier alpha value is -1.09. The van der Waals surface area contributed by atoms with Crippen LogP contribution in [-0.2, 0) is 11.3 Å². The van der Waals surface area contributed by atoms with Gasteiger partial charge in [-0.3, -0.25) is 4.99 Å². The topological polar surface area (TPSA) is 61.8 Å². The van der Waals surface area contributed by atoms with Crippen LogP contribution in [0.2, 0.25) is 0 Å². The predicted octanol–water partition coefficient (Wildman–Crippen LogP) is 2.63. The van der Waals surface area contributed by atoms with E-state index in [1.165, 1.54) is 5.56 Å². The van der Waals surface area contributed by atoms with Gasteiger partial charge in [0.05, 0.1) is 12.7 Å². The summed E-state index contributed by atoms with van der Waals surface area (Å²) in [6.07, 6.45) is 2.13. The summed E-state index contributed by atoms with van der Waals surface area (Å²) in [4.78, 5) is 11.1. The van der Waals surface area contributed by atoms with Crippen LogP contribution in [0.3, 0.4) is 0 Å². The largest absolute Gasteiger partial charge is 0.375 e. The first-order valence-electron chi connectivity index (χ1n) is 8.78. The second-order valence-electron chi connectivity index (χ2n) is 6.75. The molecule has 142 valence electrons. The Bertz CT molecular complexity index is 552. The zero-order valence-electron chi connectivity index (χ0n) is 16.0. The van der Waals surface area contributed by atoms with Crippen molar-refractivity contribution < 1.29 is 4.74 Å². The molecule has 1 fully saturated rings. The van der Waals surface area contributed by atoms with Crippen molar-refractivity contribution in [3.8, 4) is 0 Å². The Morgan fingerprint density at radius 3 is 2.84 bits per heavy atom. The molecule has 1 aromatic rings. The van der Waals surface area contributed by atoms with Crippen molar-refractivity contribution >= 4 is 35.8 Å². The molecule has 0 radical (unpaired) electrons. The van der Waals surface area contributed by atoms with Crippen LogP contribution < -0.4 is 15.5 Å². The lowest BCUT2D eigenvalue weighted by molar-refractivity contribution is 0.0529. The summed E-state index contributed by atoms with van der Waals surface area (Å²) in [5.74, 6) is 2.40. The van der Waals surface area contributed by atoms with Gasteiger partial charge in [0.1, 0.15) is 5.82 Å². The van der Waals surface area contributed by atoms with Crippen LogP contribution in [0.1, 0.15) is 33.3 Å². The van der Waals surface area contributed by atoms with E-state index in [0.717, 1.165) is 38.0 Å². The summed E-state index contributed by atoms with van der Waals surface area (Å²) in [6.45, 7) is 11.9. The van der Waals surface area contributed by atoms with E-state index >= 15 is 0 Å². The highest BCUT2D eigenvalue weighted by atomic mass is 127. The number of halogens is 1. The maximum Gasteiger partial charge on any atom is 0.191 e. The number of aliphatic imine (C=N–C) groups is 1. The second-order valence-corrected chi connectivity index (χ2v) is 6.75. The molecule has 1 aliphatic rings. The Labute approximate surface area is 168 Å². The number of morpholine rings is 1. The summed E-state index contributed by atoms with van der Waals surface area (Å²) in [5.41, 5.74) is 1.19. The number of rotatable bonds is 5. The molecule has 0 aliphatic carbocycles. The average Bonchev–Trinajstić information content (AvgIpc) is 2.58. The monoisotopic (exact) mass is 461 g/mol. The van der Waals surface area contributed by atoms with E-state index in [4.69, 9.17) is 4.74 Å². The molecule has 1 aromatic heterocycles. The third-order valence-corrected chi connectivity index (χ3v) is 4.42. The molecule has 2 N–H and O–H groups in total. The van der Waals surface area contributed by atoms with E-state index < -0.39 is 0 Å². The highest BCUT2D eigenvalue weighted by Crippen LogP contribution is 2.16. The molecule has 7 heteroatoms. The number of aromatic nitrogens is 1. The molecule has 2 unspecified atom stereocenters. The Morgan fingerprint density at radius 1 is 1.44 bits per heavy atom. The summed E-state index contributed by atoms with van der Waals surface area (Å²) in [6, 6.07) is 4.56. The van der Waals surface area contributed by atoms with Crippen molar-refractivity contribution in [1.82, 2.24) is 15.6 Å². The number of hydrogen-bond donors (Lipinski definition) is 2. The molecule has 1 aliphatic heterocycles. The van der Waals surface area contributed by atoms with Gasteiger partial charge in [-0.2, -0.15) is 0 Å². The Balaban J connectivity index is 0.00000312. The number of nitrogens with one attached hydrogen (secondary N) is 2. The molecule has 2 rings (SSSR count). The van der Waals surface area contributed by atoms with Gasteiger partial charge in [-0.15, -0.1) is 24.0 Å². The molecule has 6 nitrogen and oxygen atoms in total. The number of pyridine rings is 1. The van der Waals surface area contributed by atoms with Gasteiger partial charge in [0.2, 0.25) is 0 Å². The van der Waals surface area contributed by atoms with E-state index in [9.17, 15) is 0 Å². The van der Waals surface area contributed by atoms with Gasteiger partial charge < -0.3 is 20.3 Å². The van der Waals surface area contributed by atoms with Crippen molar-refractivity contribution in [3.63, 3.8) is 0 Å². The summed E-state index contributed by atoms with van der Waals surface area (Å²) in [7, 11) is 1.80. The van der Waals surface area contributed by atoms with Crippen LogP contribution >= 0.6 is 24.0 Å². The SMILES string of the molecule is CN=C(NCc1ccnc(N2CCOC(C)C2)c1)NC(C)C(C)C.I. The van der Waals surface area contributed by atoms with E-state index in [2.05, 4.69) is 59.3 Å². The lowest BCUT2D eigenvalue weighted by Crippen LogP contribution is -2.44. The third-order valence-electron chi connectivity index (χ3n) is 4.42. The molecule has 0 bridgehead atoms. The smallest absolute Gasteiger partial charge is 0.191 e. The maximum atomic E-state index is 5.60. The van der Waals surface area contributed by atoms with Crippen molar-refractivity contribution in [2.24, 2.45) is 10.9 Å². The van der Waals surface area contributed by atoms with Crippen LogP contribution in [0.5, 0.6) is 0 Å². The molecule has 25 heavy (non-hydrogen) atoms. The fourth-order valence-electron chi connectivity index (χ4n) is 2.53.